The first-order valence-electron chi connectivity index (χ1n) is 9.60. The molecule has 1 N–H and O–H groups in total. The summed E-state index contributed by atoms with van der Waals surface area (Å²) < 4.78 is 4.09. The van der Waals surface area contributed by atoms with Crippen LogP contribution < -0.4 is 5.32 Å². The van der Waals surface area contributed by atoms with E-state index < -0.39 is 0 Å². The maximum absolute atomic E-state index is 12.5. The zero-order valence-electron chi connectivity index (χ0n) is 16.3. The molecule has 5 rings (SSSR count). The maximum Gasteiger partial charge on any atom is 0.241 e. The molecule has 0 bridgehead atoms. The number of para-hydroxylation sites is 3. The SMILES string of the molecule is Cc1cccc(NC(=O)CSc2nnc3n(-c4ccccc4)c4ccccc4n23)c1. The molecule has 3 aromatic carbocycles. The van der Waals surface area contributed by atoms with Gasteiger partial charge in [0.05, 0.1) is 16.8 Å². The van der Waals surface area contributed by atoms with Crippen LogP contribution in [0.4, 0.5) is 5.69 Å². The number of carbonyl (C=O) groups excluding carboxylic acids is 1. The van der Waals surface area contributed by atoms with Gasteiger partial charge >= 0.3 is 0 Å². The Labute approximate surface area is 177 Å². The molecule has 1 amide bonds. The number of aryl methyl sites for hydroxylation is 1. The molecule has 2 aromatic heterocycles. The van der Waals surface area contributed by atoms with Gasteiger partial charge in [0.2, 0.25) is 11.7 Å². The van der Waals surface area contributed by atoms with Gasteiger partial charge in [0.1, 0.15) is 0 Å². The van der Waals surface area contributed by atoms with Crippen LogP contribution in [0.3, 0.4) is 0 Å². The first kappa shape index (κ1) is 18.4. The third-order valence-electron chi connectivity index (χ3n) is 4.83. The van der Waals surface area contributed by atoms with E-state index in [1.165, 1.54) is 11.8 Å². The predicted octanol–water partition coefficient (Wildman–Crippen LogP) is 4.71. The highest BCUT2D eigenvalue weighted by molar-refractivity contribution is 7.99. The molecule has 0 aliphatic rings. The second-order valence-corrected chi connectivity index (χ2v) is 7.93. The van der Waals surface area contributed by atoms with Crippen LogP contribution in [0.1, 0.15) is 5.56 Å². The summed E-state index contributed by atoms with van der Waals surface area (Å²) in [4.78, 5) is 12.5. The van der Waals surface area contributed by atoms with E-state index in [2.05, 4.69) is 26.1 Å². The minimum Gasteiger partial charge on any atom is -0.325 e. The normalized spacial score (nSPS) is 11.2. The first-order chi connectivity index (χ1) is 14.7. The number of hydrogen-bond donors (Lipinski definition) is 1. The van der Waals surface area contributed by atoms with Gasteiger partial charge in [0.15, 0.2) is 5.16 Å². The molecular weight excluding hydrogens is 394 g/mol. The van der Waals surface area contributed by atoms with Gasteiger partial charge in [-0.2, -0.15) is 0 Å². The number of nitrogens with one attached hydrogen (secondary N) is 1. The predicted molar refractivity (Wildman–Crippen MR) is 120 cm³/mol. The van der Waals surface area contributed by atoms with Gasteiger partial charge in [-0.3, -0.25) is 13.8 Å². The number of thioether (sulfide) groups is 1. The van der Waals surface area contributed by atoms with Crippen LogP contribution in [-0.2, 0) is 4.79 Å². The second-order valence-electron chi connectivity index (χ2n) is 6.98. The summed E-state index contributed by atoms with van der Waals surface area (Å²) in [6.45, 7) is 2.00. The fourth-order valence-electron chi connectivity index (χ4n) is 3.54. The van der Waals surface area contributed by atoms with E-state index in [0.29, 0.717) is 5.16 Å². The first-order valence-corrected chi connectivity index (χ1v) is 10.6. The number of anilines is 1. The summed E-state index contributed by atoms with van der Waals surface area (Å²) in [5, 5.41) is 12.4. The molecular formula is C23H19N5OS. The lowest BCUT2D eigenvalue weighted by molar-refractivity contribution is -0.113. The number of aromatic nitrogens is 4. The van der Waals surface area contributed by atoms with Gasteiger partial charge in [0, 0.05) is 11.4 Å². The summed E-state index contributed by atoms with van der Waals surface area (Å²) in [6, 6.07) is 26.0. The molecule has 0 aliphatic carbocycles. The maximum atomic E-state index is 12.5. The number of fused-ring (bicyclic) bond motifs is 3. The summed E-state index contributed by atoms with van der Waals surface area (Å²) in [5.74, 6) is 0.901. The minimum atomic E-state index is -0.0749. The van der Waals surface area contributed by atoms with Crippen molar-refractivity contribution < 1.29 is 4.79 Å². The van der Waals surface area contributed by atoms with Gasteiger partial charge in [-0.05, 0) is 48.9 Å². The summed E-state index contributed by atoms with van der Waals surface area (Å²) in [5.41, 5.74) is 4.97. The molecule has 2 heterocycles. The number of benzene rings is 3. The second kappa shape index (κ2) is 7.68. The van der Waals surface area contributed by atoms with Crippen LogP contribution in [0, 0.1) is 6.92 Å². The standard InChI is InChI=1S/C23H19N5OS/c1-16-8-7-9-17(14-16)24-21(29)15-30-23-26-25-22-27(18-10-3-2-4-11-18)19-12-5-6-13-20(19)28(22)23/h2-14H,15H2,1H3,(H,24,29). The van der Waals surface area contributed by atoms with Crippen molar-refractivity contribution in [1.29, 1.82) is 0 Å². The van der Waals surface area contributed by atoms with Crippen molar-refractivity contribution in [2.24, 2.45) is 0 Å². The van der Waals surface area contributed by atoms with Crippen molar-refractivity contribution >= 4 is 40.2 Å². The lowest BCUT2D eigenvalue weighted by atomic mass is 10.2. The Kier molecular flexibility index (Phi) is 4.72. The lowest BCUT2D eigenvalue weighted by Crippen LogP contribution is -2.14. The highest BCUT2D eigenvalue weighted by Crippen LogP contribution is 2.28. The van der Waals surface area contributed by atoms with Gasteiger partial charge in [0.25, 0.3) is 0 Å². The van der Waals surface area contributed by atoms with Gasteiger partial charge < -0.3 is 5.32 Å². The van der Waals surface area contributed by atoms with Gasteiger partial charge in [-0.1, -0.05) is 54.2 Å². The Bertz CT molecular complexity index is 1360. The fraction of sp³-hybridized carbons (Fsp3) is 0.0870. The van der Waals surface area contributed by atoms with Crippen molar-refractivity contribution in [3.63, 3.8) is 0 Å². The van der Waals surface area contributed by atoms with Crippen molar-refractivity contribution in [3.8, 4) is 5.69 Å². The average molecular weight is 414 g/mol. The monoisotopic (exact) mass is 413 g/mol. The van der Waals surface area contributed by atoms with Crippen LogP contribution in [0.15, 0.2) is 84.0 Å². The van der Waals surface area contributed by atoms with Gasteiger partial charge in [-0.15, -0.1) is 10.2 Å². The highest BCUT2D eigenvalue weighted by atomic mass is 32.2. The molecule has 0 spiro atoms. The molecule has 0 saturated carbocycles. The number of nitrogens with zero attached hydrogens (tertiary/aromatic N) is 4. The third kappa shape index (κ3) is 3.33. The molecule has 0 unspecified atom stereocenters. The van der Waals surface area contributed by atoms with E-state index in [0.717, 1.165) is 33.7 Å². The Morgan fingerprint density at radius 3 is 2.50 bits per heavy atom. The lowest BCUT2D eigenvalue weighted by Gasteiger charge is -2.05. The molecule has 0 radical (unpaired) electrons. The van der Waals surface area contributed by atoms with E-state index in [1.807, 2.05) is 84.1 Å². The van der Waals surface area contributed by atoms with Gasteiger partial charge in [-0.25, -0.2) is 0 Å². The Morgan fingerprint density at radius 2 is 1.70 bits per heavy atom. The zero-order valence-corrected chi connectivity index (χ0v) is 17.1. The topological polar surface area (TPSA) is 64.2 Å². The van der Waals surface area contributed by atoms with E-state index in [-0.39, 0.29) is 11.7 Å². The van der Waals surface area contributed by atoms with Crippen LogP contribution in [-0.4, -0.2) is 30.8 Å². The number of imidazole rings is 1. The molecule has 0 aliphatic heterocycles. The largest absolute Gasteiger partial charge is 0.325 e. The average Bonchev–Trinajstić information content (AvgIpc) is 3.31. The van der Waals surface area contributed by atoms with Crippen molar-refractivity contribution in [1.82, 2.24) is 19.2 Å². The highest BCUT2D eigenvalue weighted by Gasteiger charge is 2.18. The van der Waals surface area contributed by atoms with E-state index in [1.54, 1.807) is 0 Å². The van der Waals surface area contributed by atoms with Crippen LogP contribution in [0.2, 0.25) is 0 Å². The van der Waals surface area contributed by atoms with Crippen LogP contribution in [0.5, 0.6) is 0 Å². The molecule has 148 valence electrons. The fourth-order valence-corrected chi connectivity index (χ4v) is 4.28. The van der Waals surface area contributed by atoms with Crippen molar-refractivity contribution in [2.45, 2.75) is 12.1 Å². The number of hydrogen-bond acceptors (Lipinski definition) is 4. The van der Waals surface area contributed by atoms with Crippen molar-refractivity contribution in [3.05, 3.63) is 84.4 Å². The Balaban J connectivity index is 1.47. The molecule has 7 heteroatoms. The van der Waals surface area contributed by atoms with E-state index in [4.69, 9.17) is 0 Å². The third-order valence-corrected chi connectivity index (χ3v) is 5.76. The number of rotatable bonds is 5. The zero-order chi connectivity index (χ0) is 20.5. The summed E-state index contributed by atoms with van der Waals surface area (Å²) in [6.07, 6.45) is 0. The number of amides is 1. The molecule has 0 saturated heterocycles. The van der Waals surface area contributed by atoms with E-state index >= 15 is 0 Å². The van der Waals surface area contributed by atoms with Crippen molar-refractivity contribution in [2.75, 3.05) is 11.1 Å². The van der Waals surface area contributed by atoms with Crippen LogP contribution >= 0.6 is 11.8 Å². The molecule has 5 aromatic rings. The summed E-state index contributed by atoms with van der Waals surface area (Å²) >= 11 is 1.38. The smallest absolute Gasteiger partial charge is 0.241 e. The molecule has 0 fully saturated rings. The van der Waals surface area contributed by atoms with E-state index in [9.17, 15) is 4.79 Å². The van der Waals surface area contributed by atoms with Crippen LogP contribution in [0.25, 0.3) is 22.5 Å². The summed E-state index contributed by atoms with van der Waals surface area (Å²) in [7, 11) is 0. The Morgan fingerprint density at radius 1 is 0.933 bits per heavy atom. The quantitative estimate of drug-likeness (QED) is 0.424. The number of carbonyl (C=O) groups is 1. The molecule has 0 atom stereocenters. The minimum absolute atomic E-state index is 0.0749. The Hall–Kier alpha value is -3.58. The molecule has 30 heavy (non-hydrogen) atoms. The molecule has 6 nitrogen and oxygen atoms in total.